The fraction of sp³-hybridized carbons (Fsp3) is 0.667. The highest BCUT2D eigenvalue weighted by atomic mass is 16.5. The Morgan fingerprint density at radius 1 is 1.24 bits per heavy atom. The van der Waals surface area contributed by atoms with E-state index in [4.69, 9.17) is 4.74 Å². The van der Waals surface area contributed by atoms with E-state index in [-0.39, 0.29) is 0 Å². The summed E-state index contributed by atoms with van der Waals surface area (Å²) in [7, 11) is 6.04. The summed E-state index contributed by atoms with van der Waals surface area (Å²) >= 11 is 0. The fourth-order valence-electron chi connectivity index (χ4n) is 3.37. The average Bonchev–Trinajstić information content (AvgIpc) is 2.35. The predicted molar refractivity (Wildman–Crippen MR) is 89.1 cm³/mol. The van der Waals surface area contributed by atoms with Gasteiger partial charge >= 0.3 is 0 Å². The van der Waals surface area contributed by atoms with Crippen molar-refractivity contribution < 1.29 is 4.74 Å². The van der Waals surface area contributed by atoms with Crippen LogP contribution in [0.4, 0.5) is 0 Å². The monoisotopic (exact) mass is 290 g/mol. The standard InChI is InChI=1S/C18H30N2O/c1-18(2,13-20(3)4)12-19-15-10-14(11-15)16-8-6-7-9-17(16)21-5/h6-9,14-15,19H,10-13H2,1-5H3. The van der Waals surface area contributed by atoms with Crippen molar-refractivity contribution in [1.82, 2.24) is 10.2 Å². The van der Waals surface area contributed by atoms with Crippen molar-refractivity contribution in [3.63, 3.8) is 0 Å². The van der Waals surface area contributed by atoms with Gasteiger partial charge in [0, 0.05) is 19.1 Å². The van der Waals surface area contributed by atoms with E-state index >= 15 is 0 Å². The number of nitrogens with zero attached hydrogens (tertiary/aromatic N) is 1. The molecule has 118 valence electrons. The van der Waals surface area contributed by atoms with Crippen molar-refractivity contribution in [1.29, 1.82) is 0 Å². The van der Waals surface area contributed by atoms with E-state index in [9.17, 15) is 0 Å². The smallest absolute Gasteiger partial charge is 0.122 e. The molecule has 0 unspecified atom stereocenters. The molecule has 0 bridgehead atoms. The van der Waals surface area contributed by atoms with Gasteiger partial charge in [0.1, 0.15) is 5.75 Å². The van der Waals surface area contributed by atoms with E-state index in [2.05, 4.69) is 56.4 Å². The van der Waals surface area contributed by atoms with Crippen LogP contribution in [0.1, 0.15) is 38.2 Å². The molecule has 3 heteroatoms. The van der Waals surface area contributed by atoms with Gasteiger partial charge < -0.3 is 15.0 Å². The largest absolute Gasteiger partial charge is 0.496 e. The normalized spacial score (nSPS) is 22.2. The number of ether oxygens (including phenoxy) is 1. The van der Waals surface area contributed by atoms with Gasteiger partial charge in [0.25, 0.3) is 0 Å². The minimum absolute atomic E-state index is 0.318. The van der Waals surface area contributed by atoms with Gasteiger partial charge in [0.15, 0.2) is 0 Å². The van der Waals surface area contributed by atoms with Crippen molar-refractivity contribution >= 4 is 0 Å². The van der Waals surface area contributed by atoms with Crippen LogP contribution in [-0.2, 0) is 0 Å². The second-order valence-electron chi connectivity index (χ2n) is 7.39. The summed E-state index contributed by atoms with van der Waals surface area (Å²) in [5.74, 6) is 1.68. The van der Waals surface area contributed by atoms with Gasteiger partial charge in [-0.15, -0.1) is 0 Å². The van der Waals surface area contributed by atoms with Crippen LogP contribution in [0.25, 0.3) is 0 Å². The maximum atomic E-state index is 5.47. The third-order valence-electron chi connectivity index (χ3n) is 4.33. The number of rotatable bonds is 7. The molecule has 0 amide bonds. The van der Waals surface area contributed by atoms with Gasteiger partial charge in [0.05, 0.1) is 7.11 Å². The lowest BCUT2D eigenvalue weighted by atomic mass is 9.75. The zero-order valence-electron chi connectivity index (χ0n) is 14.1. The Kier molecular flexibility index (Phi) is 5.28. The number of para-hydroxylation sites is 1. The summed E-state index contributed by atoms with van der Waals surface area (Å²) in [6.45, 7) is 6.85. The summed E-state index contributed by atoms with van der Waals surface area (Å²) in [6, 6.07) is 9.08. The van der Waals surface area contributed by atoms with Crippen molar-refractivity contribution in [2.24, 2.45) is 5.41 Å². The minimum Gasteiger partial charge on any atom is -0.496 e. The van der Waals surface area contributed by atoms with Gasteiger partial charge in [0.2, 0.25) is 0 Å². The molecule has 0 spiro atoms. The number of nitrogens with one attached hydrogen (secondary N) is 1. The highest BCUT2D eigenvalue weighted by molar-refractivity contribution is 5.37. The van der Waals surface area contributed by atoms with E-state index in [0.29, 0.717) is 17.4 Å². The van der Waals surface area contributed by atoms with E-state index in [1.165, 1.54) is 18.4 Å². The van der Waals surface area contributed by atoms with Crippen molar-refractivity contribution in [3.05, 3.63) is 29.8 Å². The molecule has 1 aromatic rings. The molecular weight excluding hydrogens is 260 g/mol. The Morgan fingerprint density at radius 3 is 2.52 bits per heavy atom. The number of methoxy groups -OCH3 is 1. The Labute approximate surface area is 129 Å². The molecule has 0 radical (unpaired) electrons. The van der Waals surface area contributed by atoms with Crippen LogP contribution in [-0.4, -0.2) is 45.2 Å². The molecule has 0 saturated heterocycles. The molecule has 0 aliphatic heterocycles. The van der Waals surface area contributed by atoms with E-state index in [1.807, 2.05) is 6.07 Å². The maximum Gasteiger partial charge on any atom is 0.122 e. The van der Waals surface area contributed by atoms with Crippen LogP contribution in [0.3, 0.4) is 0 Å². The molecule has 1 aliphatic rings. The van der Waals surface area contributed by atoms with Crippen LogP contribution < -0.4 is 10.1 Å². The van der Waals surface area contributed by atoms with E-state index in [0.717, 1.165) is 18.8 Å². The summed E-state index contributed by atoms with van der Waals surface area (Å²) in [4.78, 5) is 2.26. The number of benzene rings is 1. The quantitative estimate of drug-likeness (QED) is 0.835. The molecule has 1 aliphatic carbocycles. The first-order valence-electron chi connectivity index (χ1n) is 7.92. The Hall–Kier alpha value is -1.06. The second kappa shape index (κ2) is 6.80. The third kappa shape index (κ3) is 4.45. The molecule has 0 heterocycles. The Balaban J connectivity index is 1.79. The maximum absolute atomic E-state index is 5.47. The third-order valence-corrected chi connectivity index (χ3v) is 4.33. The molecule has 0 aromatic heterocycles. The summed E-state index contributed by atoms with van der Waals surface area (Å²) < 4.78 is 5.47. The molecule has 2 rings (SSSR count). The fourth-order valence-corrected chi connectivity index (χ4v) is 3.37. The van der Waals surface area contributed by atoms with Crippen LogP contribution in [0, 0.1) is 5.41 Å². The number of hydrogen-bond donors (Lipinski definition) is 1. The lowest BCUT2D eigenvalue weighted by Crippen LogP contribution is -2.46. The molecule has 1 saturated carbocycles. The molecule has 3 nitrogen and oxygen atoms in total. The lowest BCUT2D eigenvalue weighted by molar-refractivity contribution is 0.199. The van der Waals surface area contributed by atoms with Crippen LogP contribution >= 0.6 is 0 Å². The van der Waals surface area contributed by atoms with Crippen LogP contribution in [0.2, 0.25) is 0 Å². The zero-order valence-corrected chi connectivity index (χ0v) is 14.1. The van der Waals surface area contributed by atoms with Gasteiger partial charge in [-0.2, -0.15) is 0 Å². The van der Waals surface area contributed by atoms with Crippen molar-refractivity contribution in [3.8, 4) is 5.75 Å². The summed E-state index contributed by atoms with van der Waals surface area (Å²) in [6.07, 6.45) is 2.44. The van der Waals surface area contributed by atoms with Gasteiger partial charge in [-0.25, -0.2) is 0 Å². The first kappa shape index (κ1) is 16.3. The van der Waals surface area contributed by atoms with Gasteiger partial charge in [-0.1, -0.05) is 32.0 Å². The first-order chi connectivity index (χ1) is 9.91. The predicted octanol–water partition coefficient (Wildman–Crippen LogP) is 3.12. The van der Waals surface area contributed by atoms with E-state index < -0.39 is 0 Å². The molecule has 1 aromatic carbocycles. The molecular formula is C18H30N2O. The van der Waals surface area contributed by atoms with Gasteiger partial charge in [-0.05, 0) is 49.9 Å². The van der Waals surface area contributed by atoms with E-state index in [1.54, 1.807) is 7.11 Å². The van der Waals surface area contributed by atoms with Crippen LogP contribution in [0.5, 0.6) is 5.75 Å². The van der Waals surface area contributed by atoms with Crippen LogP contribution in [0.15, 0.2) is 24.3 Å². The Morgan fingerprint density at radius 2 is 1.90 bits per heavy atom. The lowest BCUT2D eigenvalue weighted by Gasteiger charge is -2.39. The topological polar surface area (TPSA) is 24.5 Å². The van der Waals surface area contributed by atoms with Gasteiger partial charge in [-0.3, -0.25) is 0 Å². The second-order valence-corrected chi connectivity index (χ2v) is 7.39. The Bertz CT molecular complexity index is 450. The molecule has 1 N–H and O–H groups in total. The number of hydrogen-bond acceptors (Lipinski definition) is 3. The van der Waals surface area contributed by atoms with Crippen molar-refractivity contribution in [2.45, 2.75) is 38.6 Å². The summed E-state index contributed by atoms with van der Waals surface area (Å²) in [5, 5.41) is 3.73. The molecule has 0 atom stereocenters. The molecule has 1 fully saturated rings. The zero-order chi connectivity index (χ0) is 15.5. The summed E-state index contributed by atoms with van der Waals surface area (Å²) in [5.41, 5.74) is 1.68. The average molecular weight is 290 g/mol. The minimum atomic E-state index is 0.318. The van der Waals surface area contributed by atoms with Crippen molar-refractivity contribution in [2.75, 3.05) is 34.3 Å². The first-order valence-corrected chi connectivity index (χ1v) is 7.92. The highest BCUT2D eigenvalue weighted by Gasteiger charge is 2.32. The molecule has 21 heavy (non-hydrogen) atoms. The SMILES string of the molecule is COc1ccccc1C1CC(NCC(C)(C)CN(C)C)C1. The highest BCUT2D eigenvalue weighted by Crippen LogP contribution is 2.41.